The lowest BCUT2D eigenvalue weighted by Gasteiger charge is -2.06. The molecule has 1 amide bonds. The predicted molar refractivity (Wildman–Crippen MR) is 96.5 cm³/mol. The summed E-state index contributed by atoms with van der Waals surface area (Å²) in [4.78, 5) is 12.3. The molecule has 7 nitrogen and oxygen atoms in total. The van der Waals surface area contributed by atoms with Crippen molar-refractivity contribution in [2.24, 2.45) is 7.05 Å². The summed E-state index contributed by atoms with van der Waals surface area (Å²) in [5.41, 5.74) is 1.40. The Morgan fingerprint density at radius 1 is 1.15 bits per heavy atom. The van der Waals surface area contributed by atoms with Gasteiger partial charge in [-0.25, -0.2) is 0 Å². The quantitative estimate of drug-likeness (QED) is 0.701. The average Bonchev–Trinajstić information content (AvgIpc) is 3.21. The zero-order valence-electron chi connectivity index (χ0n) is 15.0. The molecule has 1 N–H and O–H groups in total. The van der Waals surface area contributed by atoms with Gasteiger partial charge in [0.15, 0.2) is 5.76 Å². The minimum Gasteiger partial charge on any atom is -0.494 e. The average molecular weight is 355 g/mol. The lowest BCUT2D eigenvalue weighted by molar-refractivity contribution is 0.0992. The summed E-state index contributed by atoms with van der Waals surface area (Å²) in [6.07, 6.45) is 1.74. The van der Waals surface area contributed by atoms with Crippen molar-refractivity contribution >= 4 is 11.6 Å². The summed E-state index contributed by atoms with van der Waals surface area (Å²) in [5, 5.41) is 6.97. The van der Waals surface area contributed by atoms with E-state index >= 15 is 0 Å². The number of nitrogens with one attached hydrogen (secondary N) is 1. The van der Waals surface area contributed by atoms with Crippen molar-refractivity contribution in [3.05, 3.63) is 59.8 Å². The molecule has 3 aromatic rings. The van der Waals surface area contributed by atoms with Crippen LogP contribution in [0.15, 0.2) is 47.0 Å². The number of aryl methyl sites for hydroxylation is 2. The first kappa shape index (κ1) is 17.6. The first-order valence-electron chi connectivity index (χ1n) is 8.31. The molecule has 2 aromatic heterocycles. The second-order valence-corrected chi connectivity index (χ2v) is 5.72. The van der Waals surface area contributed by atoms with E-state index in [-0.39, 0.29) is 18.3 Å². The number of ether oxygens (including phenoxy) is 2. The van der Waals surface area contributed by atoms with Crippen LogP contribution in [-0.2, 0) is 13.7 Å². The van der Waals surface area contributed by atoms with E-state index in [1.807, 2.05) is 38.1 Å². The maximum atomic E-state index is 12.3. The Kier molecular flexibility index (Phi) is 5.26. The van der Waals surface area contributed by atoms with E-state index in [2.05, 4.69) is 10.4 Å². The number of carbonyl (C=O) groups is 1. The zero-order valence-corrected chi connectivity index (χ0v) is 15.0. The molecule has 1 aromatic carbocycles. The summed E-state index contributed by atoms with van der Waals surface area (Å²) in [6.45, 7) is 4.61. The van der Waals surface area contributed by atoms with Gasteiger partial charge in [0.05, 0.1) is 18.0 Å². The van der Waals surface area contributed by atoms with Crippen LogP contribution >= 0.6 is 0 Å². The van der Waals surface area contributed by atoms with Gasteiger partial charge in [-0.2, -0.15) is 5.10 Å². The van der Waals surface area contributed by atoms with E-state index < -0.39 is 0 Å². The van der Waals surface area contributed by atoms with Crippen LogP contribution in [0.25, 0.3) is 0 Å². The molecule has 0 unspecified atom stereocenters. The molecular weight excluding hydrogens is 334 g/mol. The van der Waals surface area contributed by atoms with Crippen LogP contribution in [0.2, 0.25) is 0 Å². The SMILES string of the molecule is CCOc1ccc(OCc2ccc(C(=O)Nc3cn(C)nc3C)o2)cc1. The molecule has 0 fully saturated rings. The predicted octanol–water partition coefficient (Wildman–Crippen LogP) is 3.55. The first-order chi connectivity index (χ1) is 12.5. The fraction of sp³-hybridized carbons (Fsp3) is 0.263. The Morgan fingerprint density at radius 2 is 1.85 bits per heavy atom. The Labute approximate surface area is 151 Å². The maximum Gasteiger partial charge on any atom is 0.291 e. The number of hydrogen-bond acceptors (Lipinski definition) is 5. The number of hydrogen-bond donors (Lipinski definition) is 1. The smallest absolute Gasteiger partial charge is 0.291 e. The van der Waals surface area contributed by atoms with E-state index in [4.69, 9.17) is 13.9 Å². The molecule has 0 aliphatic heterocycles. The lowest BCUT2D eigenvalue weighted by atomic mass is 10.3. The van der Waals surface area contributed by atoms with Crippen LogP contribution < -0.4 is 14.8 Å². The minimum absolute atomic E-state index is 0.221. The Bertz CT molecular complexity index is 881. The molecule has 0 aliphatic rings. The highest BCUT2D eigenvalue weighted by Gasteiger charge is 2.14. The van der Waals surface area contributed by atoms with Crippen molar-refractivity contribution in [2.45, 2.75) is 20.5 Å². The second-order valence-electron chi connectivity index (χ2n) is 5.72. The van der Waals surface area contributed by atoms with Crippen molar-refractivity contribution in [1.29, 1.82) is 0 Å². The number of rotatable bonds is 7. The number of benzene rings is 1. The normalized spacial score (nSPS) is 10.6. The molecule has 7 heteroatoms. The van der Waals surface area contributed by atoms with Gasteiger partial charge in [0.25, 0.3) is 5.91 Å². The molecule has 0 saturated carbocycles. The summed E-state index contributed by atoms with van der Waals surface area (Å²) in [5.74, 6) is 1.95. The molecule has 136 valence electrons. The third-order valence-electron chi connectivity index (χ3n) is 3.66. The van der Waals surface area contributed by atoms with Gasteiger partial charge in [0.2, 0.25) is 0 Å². The Balaban J connectivity index is 1.57. The molecule has 26 heavy (non-hydrogen) atoms. The topological polar surface area (TPSA) is 78.5 Å². The van der Waals surface area contributed by atoms with Crippen LogP contribution in [0.5, 0.6) is 11.5 Å². The van der Waals surface area contributed by atoms with E-state index in [0.717, 1.165) is 11.4 Å². The van der Waals surface area contributed by atoms with Crippen LogP contribution in [0, 0.1) is 6.92 Å². The van der Waals surface area contributed by atoms with Crippen LogP contribution in [-0.4, -0.2) is 22.3 Å². The lowest BCUT2D eigenvalue weighted by Crippen LogP contribution is -2.11. The van der Waals surface area contributed by atoms with Crippen molar-refractivity contribution in [2.75, 3.05) is 11.9 Å². The van der Waals surface area contributed by atoms with Gasteiger partial charge in [-0.1, -0.05) is 0 Å². The Morgan fingerprint density at radius 3 is 2.46 bits per heavy atom. The van der Waals surface area contributed by atoms with Gasteiger partial charge in [0, 0.05) is 13.2 Å². The van der Waals surface area contributed by atoms with Gasteiger partial charge in [0.1, 0.15) is 23.9 Å². The van der Waals surface area contributed by atoms with Crippen molar-refractivity contribution in [3.8, 4) is 11.5 Å². The molecule has 0 radical (unpaired) electrons. The van der Waals surface area contributed by atoms with Crippen LogP contribution in [0.1, 0.15) is 28.9 Å². The van der Waals surface area contributed by atoms with Gasteiger partial charge in [-0.3, -0.25) is 9.48 Å². The summed E-state index contributed by atoms with van der Waals surface area (Å²) < 4.78 is 18.3. The van der Waals surface area contributed by atoms with Crippen molar-refractivity contribution in [3.63, 3.8) is 0 Å². The monoisotopic (exact) mass is 355 g/mol. The molecule has 0 aliphatic carbocycles. The summed E-state index contributed by atoms with van der Waals surface area (Å²) in [6, 6.07) is 10.7. The van der Waals surface area contributed by atoms with E-state index in [1.54, 1.807) is 30.1 Å². The van der Waals surface area contributed by atoms with E-state index in [1.165, 1.54) is 0 Å². The summed E-state index contributed by atoms with van der Waals surface area (Å²) in [7, 11) is 1.80. The summed E-state index contributed by atoms with van der Waals surface area (Å²) >= 11 is 0. The first-order valence-corrected chi connectivity index (χ1v) is 8.31. The molecular formula is C19H21N3O4. The Hall–Kier alpha value is -3.22. The second kappa shape index (κ2) is 7.77. The molecule has 3 rings (SSSR count). The largest absolute Gasteiger partial charge is 0.494 e. The molecule has 0 atom stereocenters. The zero-order chi connectivity index (χ0) is 18.5. The third kappa shape index (κ3) is 4.24. The fourth-order valence-electron chi connectivity index (χ4n) is 2.44. The number of anilines is 1. The number of nitrogens with zero attached hydrogens (tertiary/aromatic N) is 2. The molecule has 0 bridgehead atoms. The van der Waals surface area contributed by atoms with Gasteiger partial charge >= 0.3 is 0 Å². The van der Waals surface area contributed by atoms with Crippen molar-refractivity contribution in [1.82, 2.24) is 9.78 Å². The van der Waals surface area contributed by atoms with Crippen LogP contribution in [0.3, 0.4) is 0 Å². The van der Waals surface area contributed by atoms with Crippen LogP contribution in [0.4, 0.5) is 5.69 Å². The fourth-order valence-corrected chi connectivity index (χ4v) is 2.44. The van der Waals surface area contributed by atoms with Crippen molar-refractivity contribution < 1.29 is 18.7 Å². The van der Waals surface area contributed by atoms with E-state index in [0.29, 0.717) is 23.8 Å². The number of amides is 1. The maximum absolute atomic E-state index is 12.3. The van der Waals surface area contributed by atoms with Gasteiger partial charge in [-0.15, -0.1) is 0 Å². The minimum atomic E-state index is -0.326. The molecule has 0 saturated heterocycles. The standard InChI is InChI=1S/C19H21N3O4/c1-4-24-14-5-7-15(8-6-14)25-12-16-9-10-18(26-16)19(23)20-17-11-22(3)21-13(17)2/h5-11H,4,12H2,1-3H3,(H,20,23). The third-order valence-corrected chi connectivity index (χ3v) is 3.66. The van der Waals surface area contributed by atoms with Gasteiger partial charge in [-0.05, 0) is 50.2 Å². The van der Waals surface area contributed by atoms with E-state index in [9.17, 15) is 4.79 Å². The number of carbonyl (C=O) groups excluding carboxylic acids is 1. The van der Waals surface area contributed by atoms with Gasteiger partial charge < -0.3 is 19.2 Å². The highest BCUT2D eigenvalue weighted by atomic mass is 16.5. The number of furan rings is 1. The highest BCUT2D eigenvalue weighted by Crippen LogP contribution is 2.20. The number of aromatic nitrogens is 2. The molecule has 0 spiro atoms. The molecule has 2 heterocycles. The highest BCUT2D eigenvalue weighted by molar-refractivity contribution is 6.02.